The van der Waals surface area contributed by atoms with Gasteiger partial charge in [-0.3, -0.25) is 9.79 Å². The molecule has 3 rings (SSSR count). The van der Waals surface area contributed by atoms with E-state index in [9.17, 15) is 14.3 Å². The quantitative estimate of drug-likeness (QED) is 0.485. The first-order valence-corrected chi connectivity index (χ1v) is 9.99. The molecule has 0 spiro atoms. The van der Waals surface area contributed by atoms with Crippen LogP contribution in [0.5, 0.6) is 5.75 Å². The van der Waals surface area contributed by atoms with Crippen molar-refractivity contribution in [3.63, 3.8) is 0 Å². The van der Waals surface area contributed by atoms with Gasteiger partial charge in [-0.1, -0.05) is 29.8 Å². The highest BCUT2D eigenvalue weighted by Crippen LogP contribution is 2.24. The summed E-state index contributed by atoms with van der Waals surface area (Å²) >= 11 is 5.98. The van der Waals surface area contributed by atoms with Crippen LogP contribution in [0.4, 0.5) is 4.39 Å². The number of carbonyl (C=O) groups excluding carboxylic acids is 1. The first-order chi connectivity index (χ1) is 15.3. The second-order valence-electron chi connectivity index (χ2n) is 6.88. The zero-order valence-electron chi connectivity index (χ0n) is 17.4. The number of aliphatic imine (C=N–C) groups is 1. The summed E-state index contributed by atoms with van der Waals surface area (Å²) < 4.78 is 13.7. The summed E-state index contributed by atoms with van der Waals surface area (Å²) in [6.45, 7) is 1.70. The number of rotatable bonds is 6. The van der Waals surface area contributed by atoms with E-state index in [0.717, 1.165) is 11.6 Å². The minimum Gasteiger partial charge on any atom is -0.505 e. The van der Waals surface area contributed by atoms with Crippen molar-refractivity contribution in [3.05, 3.63) is 82.7 Å². The van der Waals surface area contributed by atoms with Gasteiger partial charge in [0.2, 0.25) is 0 Å². The number of benzene rings is 2. The van der Waals surface area contributed by atoms with E-state index < -0.39 is 23.5 Å². The fourth-order valence-electron chi connectivity index (χ4n) is 2.92. The molecule has 0 aliphatic heterocycles. The standard InChI is InChI=1S/C23H21ClFN5O2/c1-13(15-5-8-21(31)18(25)9-15)28-23(32)20-10-19(14-3-6-17(24)7-4-14)29-22(30-20)16(11-26)12-27-2/h3-13,31H,26H2,1-2H3,(H,28,32)/b16-11+,27-12?/t13-/m0/s1. The largest absolute Gasteiger partial charge is 0.505 e. The van der Waals surface area contributed by atoms with Crippen molar-refractivity contribution in [1.82, 2.24) is 15.3 Å². The van der Waals surface area contributed by atoms with Crippen LogP contribution in [-0.2, 0) is 0 Å². The number of hydrogen-bond donors (Lipinski definition) is 3. The Kier molecular flexibility index (Phi) is 7.17. The van der Waals surface area contributed by atoms with Crippen molar-refractivity contribution in [1.29, 1.82) is 0 Å². The fraction of sp³-hybridized carbons (Fsp3) is 0.130. The van der Waals surface area contributed by atoms with Crippen molar-refractivity contribution in [3.8, 4) is 17.0 Å². The summed E-state index contributed by atoms with van der Waals surface area (Å²) in [6.07, 6.45) is 2.79. The maximum absolute atomic E-state index is 13.7. The summed E-state index contributed by atoms with van der Waals surface area (Å²) in [5.74, 6) is -1.50. The highest BCUT2D eigenvalue weighted by Gasteiger charge is 2.18. The Bertz CT molecular complexity index is 1200. The van der Waals surface area contributed by atoms with Crippen LogP contribution in [0.25, 0.3) is 16.8 Å². The number of carbonyl (C=O) groups is 1. The summed E-state index contributed by atoms with van der Waals surface area (Å²) in [7, 11) is 1.58. The Morgan fingerprint density at radius 2 is 1.94 bits per heavy atom. The van der Waals surface area contributed by atoms with Crippen LogP contribution >= 0.6 is 11.6 Å². The summed E-state index contributed by atoms with van der Waals surface area (Å²) in [5.41, 5.74) is 7.93. The summed E-state index contributed by atoms with van der Waals surface area (Å²) in [6, 6.07) is 11.9. The van der Waals surface area contributed by atoms with Crippen LogP contribution < -0.4 is 11.1 Å². The molecule has 2 aromatic carbocycles. The number of halogens is 2. The van der Waals surface area contributed by atoms with Gasteiger partial charge in [0.05, 0.1) is 17.3 Å². The molecule has 0 aliphatic carbocycles. The molecule has 9 heteroatoms. The first-order valence-electron chi connectivity index (χ1n) is 9.61. The van der Waals surface area contributed by atoms with Gasteiger partial charge in [-0.2, -0.15) is 0 Å². The monoisotopic (exact) mass is 453 g/mol. The van der Waals surface area contributed by atoms with Gasteiger partial charge in [-0.05, 0) is 42.8 Å². The average molecular weight is 454 g/mol. The second-order valence-corrected chi connectivity index (χ2v) is 7.32. The lowest BCUT2D eigenvalue weighted by Gasteiger charge is -2.15. The van der Waals surface area contributed by atoms with Crippen LogP contribution in [-0.4, -0.2) is 34.2 Å². The predicted molar refractivity (Wildman–Crippen MR) is 123 cm³/mol. The number of amides is 1. The Balaban J connectivity index is 1.99. The van der Waals surface area contributed by atoms with Crippen molar-refractivity contribution in [2.45, 2.75) is 13.0 Å². The third-order valence-electron chi connectivity index (χ3n) is 4.62. The molecule has 1 atom stereocenters. The SMILES string of the molecule is CN=C/C(=C\N)c1nc(C(=O)N[C@@H](C)c2ccc(O)c(F)c2)cc(-c2ccc(Cl)cc2)n1. The van der Waals surface area contributed by atoms with Gasteiger partial charge in [-0.25, -0.2) is 14.4 Å². The lowest BCUT2D eigenvalue weighted by molar-refractivity contribution is 0.0934. The number of aromatic hydroxyl groups is 1. The van der Waals surface area contributed by atoms with E-state index in [4.69, 9.17) is 17.3 Å². The van der Waals surface area contributed by atoms with E-state index >= 15 is 0 Å². The Labute approximate surface area is 189 Å². The zero-order chi connectivity index (χ0) is 23.3. The van der Waals surface area contributed by atoms with Crippen molar-refractivity contribution >= 4 is 29.3 Å². The average Bonchev–Trinajstić information content (AvgIpc) is 2.79. The van der Waals surface area contributed by atoms with Gasteiger partial charge < -0.3 is 16.2 Å². The molecule has 0 unspecified atom stereocenters. The molecule has 0 radical (unpaired) electrons. The number of phenols is 1. The molecule has 0 aliphatic rings. The third kappa shape index (κ3) is 5.28. The molecule has 1 heterocycles. The predicted octanol–water partition coefficient (Wildman–Crippen LogP) is 4.13. The van der Waals surface area contributed by atoms with Gasteiger partial charge in [-0.15, -0.1) is 0 Å². The van der Waals surface area contributed by atoms with Gasteiger partial charge in [0, 0.05) is 30.0 Å². The third-order valence-corrected chi connectivity index (χ3v) is 4.88. The summed E-state index contributed by atoms with van der Waals surface area (Å²) in [4.78, 5) is 25.8. The first kappa shape index (κ1) is 22.9. The Hall–Kier alpha value is -3.78. The number of allylic oxidation sites excluding steroid dienone is 1. The highest BCUT2D eigenvalue weighted by molar-refractivity contribution is 6.30. The van der Waals surface area contributed by atoms with Crippen LogP contribution in [0.1, 0.15) is 34.8 Å². The van der Waals surface area contributed by atoms with Crippen molar-refractivity contribution in [2.75, 3.05) is 7.05 Å². The molecule has 0 saturated heterocycles. The van der Waals surface area contributed by atoms with E-state index in [2.05, 4.69) is 20.3 Å². The van der Waals surface area contributed by atoms with E-state index in [0.29, 0.717) is 21.9 Å². The van der Waals surface area contributed by atoms with Gasteiger partial charge in [0.15, 0.2) is 17.4 Å². The fourth-order valence-corrected chi connectivity index (χ4v) is 3.05. The number of nitrogens with one attached hydrogen (secondary N) is 1. The van der Waals surface area contributed by atoms with Crippen LogP contribution in [0.15, 0.2) is 59.7 Å². The lowest BCUT2D eigenvalue weighted by Crippen LogP contribution is -2.28. The molecule has 1 aromatic heterocycles. The molecule has 164 valence electrons. The Morgan fingerprint density at radius 3 is 2.56 bits per heavy atom. The molecule has 0 fully saturated rings. The maximum atomic E-state index is 13.7. The van der Waals surface area contributed by atoms with Crippen LogP contribution in [0, 0.1) is 5.82 Å². The zero-order valence-corrected chi connectivity index (χ0v) is 18.1. The number of hydrogen-bond acceptors (Lipinski definition) is 6. The molecular formula is C23H21ClFN5O2. The van der Waals surface area contributed by atoms with E-state index in [1.165, 1.54) is 24.5 Å². The number of aromatic nitrogens is 2. The van der Waals surface area contributed by atoms with Gasteiger partial charge in [0.1, 0.15) is 5.69 Å². The normalized spacial score (nSPS) is 12.7. The minimum absolute atomic E-state index is 0.0925. The highest BCUT2D eigenvalue weighted by atomic mass is 35.5. The lowest BCUT2D eigenvalue weighted by atomic mass is 10.1. The molecule has 3 aromatic rings. The van der Waals surface area contributed by atoms with Gasteiger partial charge in [0.25, 0.3) is 5.91 Å². The van der Waals surface area contributed by atoms with E-state index in [-0.39, 0.29) is 11.5 Å². The van der Waals surface area contributed by atoms with Crippen molar-refractivity contribution < 1.29 is 14.3 Å². The molecule has 0 saturated carbocycles. The van der Waals surface area contributed by atoms with Crippen LogP contribution in [0.2, 0.25) is 5.02 Å². The maximum Gasteiger partial charge on any atom is 0.270 e. The molecular weight excluding hydrogens is 433 g/mol. The molecule has 1 amide bonds. The van der Waals surface area contributed by atoms with Gasteiger partial charge >= 0.3 is 0 Å². The number of nitrogens with two attached hydrogens (primary N) is 1. The van der Waals surface area contributed by atoms with Crippen LogP contribution in [0.3, 0.4) is 0 Å². The second kappa shape index (κ2) is 10.0. The molecule has 4 N–H and O–H groups in total. The van der Waals surface area contributed by atoms with E-state index in [1.807, 2.05) is 0 Å². The number of phenolic OH excluding ortho intramolecular Hbond substituents is 1. The topological polar surface area (TPSA) is 113 Å². The summed E-state index contributed by atoms with van der Waals surface area (Å²) in [5, 5.41) is 12.7. The van der Waals surface area contributed by atoms with E-state index in [1.54, 1.807) is 44.3 Å². The Morgan fingerprint density at radius 1 is 1.22 bits per heavy atom. The minimum atomic E-state index is -0.769. The van der Waals surface area contributed by atoms with Crippen molar-refractivity contribution in [2.24, 2.45) is 10.7 Å². The molecule has 32 heavy (non-hydrogen) atoms. The molecule has 0 bridgehead atoms. The smallest absolute Gasteiger partial charge is 0.270 e. The number of nitrogens with zero attached hydrogens (tertiary/aromatic N) is 3. The molecule has 7 nitrogen and oxygen atoms in total.